The van der Waals surface area contributed by atoms with E-state index in [-0.39, 0.29) is 15.8 Å². The number of anilines is 1. The Hall–Kier alpha value is -2.46. The van der Waals surface area contributed by atoms with Gasteiger partial charge in [-0.05, 0) is 25.0 Å². The lowest BCUT2D eigenvalue weighted by Crippen LogP contribution is -2.32. The van der Waals surface area contributed by atoms with Crippen molar-refractivity contribution < 1.29 is 17.8 Å². The lowest BCUT2D eigenvalue weighted by atomic mass is 9.97. The van der Waals surface area contributed by atoms with Gasteiger partial charge in [0.2, 0.25) is 0 Å². The third-order valence-electron chi connectivity index (χ3n) is 4.67. The molecule has 0 aliphatic carbocycles. The summed E-state index contributed by atoms with van der Waals surface area (Å²) < 4.78 is 29.4. The summed E-state index contributed by atoms with van der Waals surface area (Å²) in [7, 11) is -3.48. The molecule has 1 aromatic carbocycles. The summed E-state index contributed by atoms with van der Waals surface area (Å²) in [6, 6.07) is 8.74. The number of nitro groups is 1. The largest absolute Gasteiger partial charge is 0.440 e. The van der Waals surface area contributed by atoms with E-state index in [1.165, 1.54) is 0 Å². The predicted molar refractivity (Wildman–Crippen MR) is 102 cm³/mol. The summed E-state index contributed by atoms with van der Waals surface area (Å²) in [6.07, 6.45) is 2.53. The average Bonchev–Trinajstić information content (AvgIpc) is 3.26. The van der Waals surface area contributed by atoms with Crippen molar-refractivity contribution >= 4 is 43.0 Å². The van der Waals surface area contributed by atoms with E-state index >= 15 is 0 Å². The number of thiophene rings is 1. The van der Waals surface area contributed by atoms with Crippen LogP contribution in [0.25, 0.3) is 11.1 Å². The summed E-state index contributed by atoms with van der Waals surface area (Å²) in [5.41, 5.74) is 1.42. The molecular formula is C17H17N3O5S2. The van der Waals surface area contributed by atoms with Crippen LogP contribution in [0.1, 0.15) is 24.7 Å². The smallest absolute Gasteiger partial charge is 0.305 e. The van der Waals surface area contributed by atoms with Gasteiger partial charge in [-0.2, -0.15) is 0 Å². The van der Waals surface area contributed by atoms with Crippen molar-refractivity contribution in [3.63, 3.8) is 0 Å². The van der Waals surface area contributed by atoms with Crippen LogP contribution in [0.4, 0.5) is 10.7 Å². The number of sulfone groups is 1. The third kappa shape index (κ3) is 3.42. The summed E-state index contributed by atoms with van der Waals surface area (Å²) in [6.45, 7) is 1.15. The maximum atomic E-state index is 11.8. The maximum Gasteiger partial charge on any atom is 0.305 e. The quantitative estimate of drug-likeness (QED) is 0.480. The number of oxazole rings is 1. The molecule has 2 aromatic heterocycles. The molecule has 3 aromatic rings. The van der Waals surface area contributed by atoms with E-state index in [4.69, 9.17) is 4.42 Å². The van der Waals surface area contributed by atoms with Gasteiger partial charge in [-0.3, -0.25) is 10.1 Å². The van der Waals surface area contributed by atoms with Crippen LogP contribution in [0.5, 0.6) is 0 Å². The van der Waals surface area contributed by atoms with Gasteiger partial charge >= 0.3 is 5.69 Å². The van der Waals surface area contributed by atoms with E-state index in [0.717, 1.165) is 47.6 Å². The van der Waals surface area contributed by atoms with E-state index in [1.807, 2.05) is 29.2 Å². The Morgan fingerprint density at radius 3 is 2.63 bits per heavy atom. The minimum Gasteiger partial charge on any atom is -0.440 e. The van der Waals surface area contributed by atoms with Crippen molar-refractivity contribution in [2.24, 2.45) is 0 Å². The summed E-state index contributed by atoms with van der Waals surface area (Å²) in [5.74, 6) is 0.829. The number of fused-ring (bicyclic) bond motifs is 1. The molecule has 0 atom stereocenters. The van der Waals surface area contributed by atoms with Crippen molar-refractivity contribution in [3.8, 4) is 0 Å². The zero-order valence-electron chi connectivity index (χ0n) is 14.5. The Kier molecular flexibility index (Phi) is 4.39. The van der Waals surface area contributed by atoms with Crippen molar-refractivity contribution in [2.45, 2.75) is 23.0 Å². The highest BCUT2D eigenvalue weighted by Gasteiger charge is 2.31. The normalized spacial score (nSPS) is 16.1. The molecule has 0 amide bonds. The lowest BCUT2D eigenvalue weighted by molar-refractivity contribution is -0.383. The molecule has 0 unspecified atom stereocenters. The van der Waals surface area contributed by atoms with E-state index in [2.05, 4.69) is 4.98 Å². The second-order valence-corrected chi connectivity index (χ2v) is 9.84. The van der Waals surface area contributed by atoms with Gasteiger partial charge in [0.05, 0.1) is 4.92 Å². The molecule has 3 heterocycles. The summed E-state index contributed by atoms with van der Waals surface area (Å²) >= 11 is 0.959. The lowest BCUT2D eigenvalue weighted by Gasteiger charge is -2.30. The molecule has 1 fully saturated rings. The van der Waals surface area contributed by atoms with Gasteiger partial charge in [-0.15, -0.1) is 0 Å². The number of benzene rings is 1. The number of piperidine rings is 1. The standard InChI is InChI=1S/C17H17N3O5S2/c1-27(23,24)15-10-13(20(21)22)17(26-15)19-8-6-11(7-9-19)16-18-12-4-2-3-5-14(12)25-16/h2-5,10-11H,6-9H2,1H3. The molecule has 1 saturated heterocycles. The minimum absolute atomic E-state index is 0.0188. The van der Waals surface area contributed by atoms with Gasteiger partial charge in [0.15, 0.2) is 26.3 Å². The van der Waals surface area contributed by atoms with Gasteiger partial charge in [-0.1, -0.05) is 23.5 Å². The molecule has 1 aliphatic heterocycles. The van der Waals surface area contributed by atoms with E-state index in [1.54, 1.807) is 0 Å². The van der Waals surface area contributed by atoms with Crippen LogP contribution in [0.15, 0.2) is 39.0 Å². The zero-order valence-corrected chi connectivity index (χ0v) is 16.1. The molecule has 0 spiro atoms. The van der Waals surface area contributed by atoms with Crippen LogP contribution in [0, 0.1) is 10.1 Å². The molecule has 0 bridgehead atoms. The van der Waals surface area contributed by atoms with Crippen LogP contribution in [0.2, 0.25) is 0 Å². The SMILES string of the molecule is CS(=O)(=O)c1cc([N+](=O)[O-])c(N2CCC(c3nc4ccccc4o3)CC2)s1. The molecule has 8 nitrogen and oxygen atoms in total. The second kappa shape index (κ2) is 6.61. The first kappa shape index (κ1) is 17.9. The first-order chi connectivity index (χ1) is 12.8. The highest BCUT2D eigenvalue weighted by atomic mass is 32.2. The number of hydrogen-bond acceptors (Lipinski definition) is 8. The van der Waals surface area contributed by atoms with Crippen LogP contribution in [0.3, 0.4) is 0 Å². The van der Waals surface area contributed by atoms with E-state index in [9.17, 15) is 18.5 Å². The van der Waals surface area contributed by atoms with Gasteiger partial charge < -0.3 is 9.32 Å². The van der Waals surface area contributed by atoms with Gasteiger partial charge in [-0.25, -0.2) is 13.4 Å². The summed E-state index contributed by atoms with van der Waals surface area (Å²) in [5, 5.41) is 11.8. The Morgan fingerprint density at radius 1 is 1.30 bits per heavy atom. The molecule has 0 saturated carbocycles. The number of hydrogen-bond donors (Lipinski definition) is 0. The van der Waals surface area contributed by atoms with Gasteiger partial charge in [0, 0.05) is 31.3 Å². The number of nitrogens with zero attached hydrogens (tertiary/aromatic N) is 3. The molecular weight excluding hydrogens is 390 g/mol. The third-order valence-corrected chi connectivity index (χ3v) is 7.66. The monoisotopic (exact) mass is 407 g/mol. The Balaban J connectivity index is 1.55. The highest BCUT2D eigenvalue weighted by molar-refractivity contribution is 7.92. The molecule has 1 aliphatic rings. The number of rotatable bonds is 4. The van der Waals surface area contributed by atoms with Crippen molar-refractivity contribution in [3.05, 3.63) is 46.3 Å². The molecule has 27 heavy (non-hydrogen) atoms. The number of para-hydroxylation sites is 2. The van der Waals surface area contributed by atoms with Crippen LogP contribution in [-0.2, 0) is 9.84 Å². The van der Waals surface area contributed by atoms with Gasteiger partial charge in [0.25, 0.3) is 0 Å². The fourth-order valence-electron chi connectivity index (χ4n) is 3.28. The topological polar surface area (TPSA) is 107 Å². The molecule has 142 valence electrons. The van der Waals surface area contributed by atoms with Crippen LogP contribution >= 0.6 is 11.3 Å². The average molecular weight is 407 g/mol. The van der Waals surface area contributed by atoms with Crippen LogP contribution < -0.4 is 4.90 Å². The van der Waals surface area contributed by atoms with E-state index < -0.39 is 14.8 Å². The Morgan fingerprint density at radius 2 is 2.00 bits per heavy atom. The van der Waals surface area contributed by atoms with Crippen molar-refractivity contribution in [1.82, 2.24) is 4.98 Å². The minimum atomic E-state index is -3.48. The first-order valence-corrected chi connectivity index (χ1v) is 11.1. The van der Waals surface area contributed by atoms with Crippen molar-refractivity contribution in [2.75, 3.05) is 24.2 Å². The number of aromatic nitrogens is 1. The first-order valence-electron chi connectivity index (χ1n) is 8.41. The van der Waals surface area contributed by atoms with Crippen molar-refractivity contribution in [1.29, 1.82) is 0 Å². The zero-order chi connectivity index (χ0) is 19.2. The second-order valence-electron chi connectivity index (χ2n) is 6.57. The fourth-order valence-corrected chi connectivity index (χ4v) is 5.36. The maximum absolute atomic E-state index is 11.8. The Bertz CT molecular complexity index is 1080. The Labute approximate surface area is 159 Å². The van der Waals surface area contributed by atoms with Gasteiger partial charge in [0.1, 0.15) is 9.73 Å². The summed E-state index contributed by atoms with van der Waals surface area (Å²) in [4.78, 5) is 17.3. The predicted octanol–water partition coefficient (Wildman–Crippen LogP) is 3.59. The molecule has 4 rings (SSSR count). The molecule has 0 N–H and O–H groups in total. The molecule has 0 radical (unpaired) electrons. The van der Waals surface area contributed by atoms with Crippen LogP contribution in [-0.4, -0.2) is 37.7 Å². The molecule has 10 heteroatoms. The highest BCUT2D eigenvalue weighted by Crippen LogP contribution is 2.42. The fraction of sp³-hybridized carbons (Fsp3) is 0.353. The van der Waals surface area contributed by atoms with E-state index in [0.29, 0.717) is 24.0 Å².